The topological polar surface area (TPSA) is 88.2 Å². The second kappa shape index (κ2) is 10.2. The van der Waals surface area contributed by atoms with Gasteiger partial charge in [0.15, 0.2) is 0 Å². The summed E-state index contributed by atoms with van der Waals surface area (Å²) in [6.07, 6.45) is 0. The van der Waals surface area contributed by atoms with Gasteiger partial charge in [-0.05, 0) is 35.9 Å². The van der Waals surface area contributed by atoms with Gasteiger partial charge >= 0.3 is 0 Å². The van der Waals surface area contributed by atoms with E-state index in [2.05, 4.69) is 5.32 Å². The first-order chi connectivity index (χ1) is 15.4. The van der Waals surface area contributed by atoms with E-state index in [4.69, 9.17) is 21.1 Å². The third-order valence-corrected chi connectivity index (χ3v) is 7.67. The highest BCUT2D eigenvalue weighted by molar-refractivity contribution is 7.89. The fraction of sp³-hybridized carbons (Fsp3) is 0.409. The Balaban J connectivity index is 1.62. The average Bonchev–Trinajstić information content (AvgIpc) is 2.83. The molecule has 0 radical (unpaired) electrons. The van der Waals surface area contributed by atoms with E-state index in [0.717, 1.165) is 5.56 Å². The lowest BCUT2D eigenvalue weighted by molar-refractivity contribution is 0.0730. The number of carbonyl (C=O) groups is 1. The van der Waals surface area contributed by atoms with Crippen LogP contribution in [0, 0.1) is 0 Å². The lowest BCUT2D eigenvalue weighted by Crippen LogP contribution is -2.42. The molecule has 1 amide bonds. The van der Waals surface area contributed by atoms with Gasteiger partial charge in [-0.1, -0.05) is 23.7 Å². The zero-order valence-electron chi connectivity index (χ0n) is 17.6. The van der Waals surface area contributed by atoms with Gasteiger partial charge in [-0.2, -0.15) is 4.31 Å². The molecule has 32 heavy (non-hydrogen) atoms. The molecule has 0 aliphatic carbocycles. The van der Waals surface area contributed by atoms with Crippen molar-refractivity contribution < 1.29 is 22.7 Å². The maximum atomic E-state index is 13.5. The lowest BCUT2D eigenvalue weighted by Gasteiger charge is -2.32. The number of amides is 1. The van der Waals surface area contributed by atoms with Gasteiger partial charge in [0.1, 0.15) is 4.90 Å². The Bertz CT molecular complexity index is 1070. The van der Waals surface area contributed by atoms with Crippen LogP contribution in [0.2, 0.25) is 5.02 Å². The number of nitrogens with zero attached hydrogens (tertiary/aromatic N) is 2. The van der Waals surface area contributed by atoms with Crippen molar-refractivity contribution in [2.24, 2.45) is 0 Å². The van der Waals surface area contributed by atoms with Crippen LogP contribution >= 0.6 is 11.6 Å². The molecule has 2 aromatic rings. The van der Waals surface area contributed by atoms with Crippen molar-refractivity contribution in [2.45, 2.75) is 11.4 Å². The second-order valence-electron chi connectivity index (χ2n) is 7.61. The fourth-order valence-corrected chi connectivity index (χ4v) is 5.64. The molecule has 2 aliphatic heterocycles. The summed E-state index contributed by atoms with van der Waals surface area (Å²) in [6, 6.07) is 12.1. The van der Waals surface area contributed by atoms with E-state index >= 15 is 0 Å². The number of benzene rings is 2. The maximum absolute atomic E-state index is 13.5. The molecule has 2 saturated heterocycles. The third kappa shape index (κ3) is 5.24. The minimum absolute atomic E-state index is 0.136. The van der Waals surface area contributed by atoms with E-state index in [9.17, 15) is 13.2 Å². The van der Waals surface area contributed by atoms with Crippen LogP contribution < -0.4 is 10.2 Å². The SMILES string of the molecule is O=C(NCc1cccc(Cl)c1)c1ccc(N2CCOCC2)c(S(=O)(=O)N2CCOCC2)c1. The number of carbonyl (C=O) groups excluding carboxylic acids is 1. The highest BCUT2D eigenvalue weighted by Crippen LogP contribution is 2.30. The number of anilines is 1. The quantitative estimate of drug-likeness (QED) is 0.683. The Kier molecular flexibility index (Phi) is 7.32. The number of nitrogens with one attached hydrogen (secondary N) is 1. The van der Waals surface area contributed by atoms with Gasteiger partial charge in [0, 0.05) is 43.3 Å². The van der Waals surface area contributed by atoms with Crippen LogP contribution in [0.3, 0.4) is 0 Å². The second-order valence-corrected chi connectivity index (χ2v) is 9.95. The molecule has 2 aliphatic rings. The highest BCUT2D eigenvalue weighted by Gasteiger charge is 2.31. The zero-order chi connectivity index (χ0) is 22.6. The van der Waals surface area contributed by atoms with Crippen LogP contribution in [0.1, 0.15) is 15.9 Å². The maximum Gasteiger partial charge on any atom is 0.251 e. The molecular weight excluding hydrogens is 454 g/mol. The number of morpholine rings is 2. The predicted octanol–water partition coefficient (Wildman–Crippen LogP) is 2.13. The number of rotatable bonds is 6. The summed E-state index contributed by atoms with van der Waals surface area (Å²) >= 11 is 6.01. The Labute approximate surface area is 193 Å². The van der Waals surface area contributed by atoms with Crippen LogP contribution in [0.15, 0.2) is 47.4 Å². The van der Waals surface area contributed by atoms with Gasteiger partial charge in [0.25, 0.3) is 5.91 Å². The standard InChI is InChI=1S/C22H26ClN3O5S/c23-19-3-1-2-17(14-19)16-24-22(27)18-4-5-20(25-6-10-30-11-7-25)21(15-18)32(28,29)26-8-12-31-13-9-26/h1-5,14-15H,6-13,16H2,(H,24,27). The van der Waals surface area contributed by atoms with Gasteiger partial charge in [-0.15, -0.1) is 0 Å². The molecule has 1 N–H and O–H groups in total. The summed E-state index contributed by atoms with van der Waals surface area (Å²) in [5.41, 5.74) is 1.74. The summed E-state index contributed by atoms with van der Waals surface area (Å²) in [6.45, 7) is 3.80. The van der Waals surface area contributed by atoms with Crippen molar-refractivity contribution in [2.75, 3.05) is 57.5 Å². The van der Waals surface area contributed by atoms with Crippen molar-refractivity contribution in [3.05, 3.63) is 58.6 Å². The van der Waals surface area contributed by atoms with E-state index in [1.165, 1.54) is 10.4 Å². The van der Waals surface area contributed by atoms with Gasteiger partial charge in [0.05, 0.1) is 32.1 Å². The van der Waals surface area contributed by atoms with Crippen molar-refractivity contribution in [3.8, 4) is 0 Å². The van der Waals surface area contributed by atoms with Crippen LogP contribution in [-0.2, 0) is 26.0 Å². The number of halogens is 1. The third-order valence-electron chi connectivity index (χ3n) is 5.50. The van der Waals surface area contributed by atoms with Gasteiger partial charge < -0.3 is 19.7 Å². The molecule has 2 fully saturated rings. The van der Waals surface area contributed by atoms with E-state index in [0.29, 0.717) is 50.2 Å². The zero-order valence-corrected chi connectivity index (χ0v) is 19.2. The molecule has 8 nitrogen and oxygen atoms in total. The monoisotopic (exact) mass is 479 g/mol. The van der Waals surface area contributed by atoms with E-state index in [-0.39, 0.29) is 36.0 Å². The largest absolute Gasteiger partial charge is 0.379 e. The highest BCUT2D eigenvalue weighted by atomic mass is 35.5. The van der Waals surface area contributed by atoms with E-state index in [1.54, 1.807) is 24.3 Å². The molecule has 0 spiro atoms. The Hall–Kier alpha value is -2.17. The van der Waals surface area contributed by atoms with E-state index < -0.39 is 10.0 Å². The van der Waals surface area contributed by atoms with Crippen molar-refractivity contribution >= 4 is 33.2 Å². The first-order valence-electron chi connectivity index (χ1n) is 10.5. The molecule has 0 unspecified atom stereocenters. The summed E-state index contributed by atoms with van der Waals surface area (Å²) in [5, 5.41) is 3.43. The smallest absolute Gasteiger partial charge is 0.251 e. The number of sulfonamides is 1. The summed E-state index contributed by atoms with van der Waals surface area (Å²) in [4.78, 5) is 15.0. The number of hydrogen-bond acceptors (Lipinski definition) is 6. The Morgan fingerprint density at radius 1 is 0.969 bits per heavy atom. The number of hydrogen-bond donors (Lipinski definition) is 1. The predicted molar refractivity (Wildman–Crippen MR) is 122 cm³/mol. The average molecular weight is 480 g/mol. The van der Waals surface area contributed by atoms with Crippen molar-refractivity contribution in [3.63, 3.8) is 0 Å². The van der Waals surface area contributed by atoms with Crippen LogP contribution in [-0.4, -0.2) is 71.2 Å². The molecule has 2 heterocycles. The van der Waals surface area contributed by atoms with Crippen molar-refractivity contribution in [1.29, 1.82) is 0 Å². The summed E-state index contributed by atoms with van der Waals surface area (Å²) in [5.74, 6) is -0.350. The fourth-order valence-electron chi connectivity index (χ4n) is 3.78. The number of ether oxygens (including phenoxy) is 2. The normalized spacial score (nSPS) is 17.8. The Morgan fingerprint density at radius 3 is 2.34 bits per heavy atom. The van der Waals surface area contributed by atoms with E-state index in [1.807, 2.05) is 17.0 Å². The molecule has 4 rings (SSSR count). The molecule has 2 aromatic carbocycles. The van der Waals surface area contributed by atoms with Crippen LogP contribution in [0.4, 0.5) is 5.69 Å². The molecule has 0 atom stereocenters. The molecular formula is C22H26ClN3O5S. The van der Waals surface area contributed by atoms with Gasteiger partial charge in [0.2, 0.25) is 10.0 Å². The van der Waals surface area contributed by atoms with Gasteiger partial charge in [-0.3, -0.25) is 4.79 Å². The molecule has 172 valence electrons. The summed E-state index contributed by atoms with van der Waals surface area (Å²) in [7, 11) is -3.80. The molecule has 10 heteroatoms. The first-order valence-corrected chi connectivity index (χ1v) is 12.3. The molecule has 0 bridgehead atoms. The molecule has 0 saturated carbocycles. The summed E-state index contributed by atoms with van der Waals surface area (Å²) < 4.78 is 39.2. The van der Waals surface area contributed by atoms with Crippen LogP contribution in [0.5, 0.6) is 0 Å². The minimum Gasteiger partial charge on any atom is -0.379 e. The Morgan fingerprint density at radius 2 is 1.66 bits per heavy atom. The lowest BCUT2D eigenvalue weighted by atomic mass is 10.1. The minimum atomic E-state index is -3.80. The van der Waals surface area contributed by atoms with Crippen molar-refractivity contribution in [1.82, 2.24) is 9.62 Å². The van der Waals surface area contributed by atoms with Gasteiger partial charge in [-0.25, -0.2) is 8.42 Å². The first kappa shape index (κ1) is 23.0. The molecule has 0 aromatic heterocycles. The van der Waals surface area contributed by atoms with Crippen LogP contribution in [0.25, 0.3) is 0 Å².